The Morgan fingerprint density at radius 3 is 2.52 bits per heavy atom. The molecule has 0 saturated carbocycles. The van der Waals surface area contributed by atoms with Crippen LogP contribution < -0.4 is 0 Å². The van der Waals surface area contributed by atoms with Crippen molar-refractivity contribution in [1.29, 1.82) is 0 Å². The maximum Gasteiger partial charge on any atom is 0.325 e. The van der Waals surface area contributed by atoms with Crippen molar-refractivity contribution in [2.24, 2.45) is 5.92 Å². The van der Waals surface area contributed by atoms with Gasteiger partial charge in [0.2, 0.25) is 0 Å². The van der Waals surface area contributed by atoms with Gasteiger partial charge in [-0.2, -0.15) is 0 Å². The molecule has 0 aliphatic rings. The van der Waals surface area contributed by atoms with Crippen molar-refractivity contribution in [3.63, 3.8) is 0 Å². The minimum atomic E-state index is -1.21. The van der Waals surface area contributed by atoms with Crippen molar-refractivity contribution in [2.45, 2.75) is 20.8 Å². The molecule has 6 heteroatoms. The second-order valence-electron chi connectivity index (χ2n) is 4.99. The minimum Gasteiger partial charge on any atom is -0.465 e. The quantitative estimate of drug-likeness (QED) is 0.759. The average Bonchev–Trinajstić information content (AvgIpc) is 2.40. The lowest BCUT2D eigenvalue weighted by molar-refractivity contribution is -0.143. The molecule has 21 heavy (non-hydrogen) atoms. The van der Waals surface area contributed by atoms with E-state index in [9.17, 15) is 18.4 Å². The summed E-state index contributed by atoms with van der Waals surface area (Å²) in [5.41, 5.74) is -0.389. The predicted molar refractivity (Wildman–Crippen MR) is 73.7 cm³/mol. The van der Waals surface area contributed by atoms with Gasteiger partial charge in [0.1, 0.15) is 6.54 Å². The zero-order valence-electron chi connectivity index (χ0n) is 12.4. The Hall–Kier alpha value is -1.98. The molecule has 0 N–H and O–H groups in total. The van der Waals surface area contributed by atoms with Crippen molar-refractivity contribution in [1.82, 2.24) is 4.90 Å². The van der Waals surface area contributed by atoms with Crippen LogP contribution in [0.2, 0.25) is 0 Å². The van der Waals surface area contributed by atoms with Crippen LogP contribution in [0.1, 0.15) is 31.1 Å². The molecular weight excluding hydrogens is 280 g/mol. The van der Waals surface area contributed by atoms with Gasteiger partial charge >= 0.3 is 5.97 Å². The first kappa shape index (κ1) is 17.1. The number of hydrogen-bond acceptors (Lipinski definition) is 3. The lowest BCUT2D eigenvalue weighted by Crippen LogP contribution is -2.39. The Kier molecular flexibility index (Phi) is 6.27. The van der Waals surface area contributed by atoms with E-state index in [0.717, 1.165) is 6.07 Å². The van der Waals surface area contributed by atoms with Gasteiger partial charge in [-0.05, 0) is 25.0 Å². The fourth-order valence-electron chi connectivity index (χ4n) is 1.86. The Morgan fingerprint density at radius 2 is 1.95 bits per heavy atom. The predicted octanol–water partition coefficient (Wildman–Crippen LogP) is 2.63. The van der Waals surface area contributed by atoms with Gasteiger partial charge in [-0.15, -0.1) is 0 Å². The van der Waals surface area contributed by atoms with Crippen LogP contribution in [-0.4, -0.2) is 36.5 Å². The molecule has 0 aromatic heterocycles. The maximum absolute atomic E-state index is 13.7. The van der Waals surface area contributed by atoms with Crippen LogP contribution in [0.25, 0.3) is 0 Å². The largest absolute Gasteiger partial charge is 0.465 e. The van der Waals surface area contributed by atoms with Gasteiger partial charge in [0.15, 0.2) is 11.6 Å². The fourth-order valence-corrected chi connectivity index (χ4v) is 1.86. The van der Waals surface area contributed by atoms with Crippen LogP contribution in [0.15, 0.2) is 18.2 Å². The van der Waals surface area contributed by atoms with E-state index in [-0.39, 0.29) is 31.2 Å². The number of carbonyl (C=O) groups is 2. The van der Waals surface area contributed by atoms with Gasteiger partial charge in [-0.1, -0.05) is 19.9 Å². The first-order valence-electron chi connectivity index (χ1n) is 6.75. The summed E-state index contributed by atoms with van der Waals surface area (Å²) in [6, 6.07) is 3.38. The molecule has 0 atom stereocenters. The zero-order valence-corrected chi connectivity index (χ0v) is 12.4. The molecule has 0 saturated heterocycles. The summed E-state index contributed by atoms with van der Waals surface area (Å²) in [4.78, 5) is 25.0. The monoisotopic (exact) mass is 299 g/mol. The number of halogens is 2. The molecule has 4 nitrogen and oxygen atoms in total. The smallest absolute Gasteiger partial charge is 0.325 e. The van der Waals surface area contributed by atoms with Crippen LogP contribution in [0.4, 0.5) is 8.78 Å². The summed E-state index contributed by atoms with van der Waals surface area (Å²) in [7, 11) is 0. The number of ether oxygens (including phenoxy) is 1. The van der Waals surface area contributed by atoms with Gasteiger partial charge in [0.25, 0.3) is 5.91 Å². The van der Waals surface area contributed by atoms with Crippen LogP contribution in [0.5, 0.6) is 0 Å². The Morgan fingerprint density at radius 1 is 1.29 bits per heavy atom. The van der Waals surface area contributed by atoms with Gasteiger partial charge in [-0.25, -0.2) is 8.78 Å². The highest BCUT2D eigenvalue weighted by molar-refractivity contribution is 5.96. The molecular formula is C15H19F2NO3. The topological polar surface area (TPSA) is 46.6 Å². The standard InChI is InChI=1S/C15H19F2NO3/c1-4-21-13(19)9-18(8-10(2)3)15(20)11-6-5-7-12(16)14(11)17/h5-7,10H,4,8-9H2,1-3H3. The molecule has 1 aromatic carbocycles. The van der Waals surface area contributed by atoms with Gasteiger partial charge < -0.3 is 9.64 Å². The third kappa shape index (κ3) is 4.81. The molecule has 1 rings (SSSR count). The van der Waals surface area contributed by atoms with Gasteiger partial charge in [0, 0.05) is 6.54 Å². The van der Waals surface area contributed by atoms with Crippen LogP contribution in [-0.2, 0) is 9.53 Å². The summed E-state index contributed by atoms with van der Waals surface area (Å²) in [6.07, 6.45) is 0. The Bertz CT molecular complexity index is 518. The SMILES string of the molecule is CCOC(=O)CN(CC(C)C)C(=O)c1cccc(F)c1F. The molecule has 1 amide bonds. The van der Waals surface area contributed by atoms with Crippen molar-refractivity contribution in [2.75, 3.05) is 19.7 Å². The van der Waals surface area contributed by atoms with E-state index >= 15 is 0 Å². The van der Waals surface area contributed by atoms with Crippen LogP contribution >= 0.6 is 0 Å². The molecule has 0 heterocycles. The highest BCUT2D eigenvalue weighted by atomic mass is 19.2. The number of hydrogen-bond donors (Lipinski definition) is 0. The van der Waals surface area contributed by atoms with E-state index in [0.29, 0.717) is 0 Å². The molecule has 0 unspecified atom stereocenters. The maximum atomic E-state index is 13.7. The number of nitrogens with zero attached hydrogens (tertiary/aromatic N) is 1. The fraction of sp³-hybridized carbons (Fsp3) is 0.467. The van der Waals surface area contributed by atoms with Gasteiger partial charge in [-0.3, -0.25) is 9.59 Å². The third-order valence-corrected chi connectivity index (χ3v) is 2.68. The van der Waals surface area contributed by atoms with Crippen LogP contribution in [0, 0.1) is 17.6 Å². The first-order chi connectivity index (χ1) is 9.86. The Balaban J connectivity index is 2.99. The lowest BCUT2D eigenvalue weighted by Gasteiger charge is -2.23. The molecule has 0 spiro atoms. The van der Waals surface area contributed by atoms with E-state index < -0.39 is 23.5 Å². The molecule has 0 radical (unpaired) electrons. The minimum absolute atomic E-state index is 0.0694. The summed E-state index contributed by atoms with van der Waals surface area (Å²) < 4.78 is 31.7. The van der Waals surface area contributed by atoms with Crippen molar-refractivity contribution < 1.29 is 23.1 Å². The highest BCUT2D eigenvalue weighted by Gasteiger charge is 2.24. The summed E-state index contributed by atoms with van der Waals surface area (Å²) in [6.45, 7) is 5.50. The van der Waals surface area contributed by atoms with Crippen LogP contribution in [0.3, 0.4) is 0 Å². The molecule has 0 aliphatic heterocycles. The van der Waals surface area contributed by atoms with E-state index in [4.69, 9.17) is 4.74 Å². The lowest BCUT2D eigenvalue weighted by atomic mass is 10.1. The molecule has 0 fully saturated rings. The number of esters is 1. The number of rotatable bonds is 6. The van der Waals surface area contributed by atoms with E-state index in [1.54, 1.807) is 6.92 Å². The average molecular weight is 299 g/mol. The second kappa shape index (κ2) is 7.71. The summed E-state index contributed by atoms with van der Waals surface area (Å²) >= 11 is 0. The third-order valence-electron chi connectivity index (χ3n) is 2.68. The van der Waals surface area contributed by atoms with E-state index in [1.165, 1.54) is 17.0 Å². The van der Waals surface area contributed by atoms with Crippen molar-refractivity contribution in [3.8, 4) is 0 Å². The number of benzene rings is 1. The highest BCUT2D eigenvalue weighted by Crippen LogP contribution is 2.15. The summed E-state index contributed by atoms with van der Waals surface area (Å²) in [5, 5.41) is 0. The zero-order chi connectivity index (χ0) is 16.0. The normalized spacial score (nSPS) is 10.6. The van der Waals surface area contributed by atoms with Crippen molar-refractivity contribution >= 4 is 11.9 Å². The van der Waals surface area contributed by atoms with Gasteiger partial charge in [0.05, 0.1) is 12.2 Å². The number of carbonyl (C=O) groups excluding carboxylic acids is 2. The summed E-state index contributed by atoms with van der Waals surface area (Å²) in [5.74, 6) is -3.54. The molecule has 1 aromatic rings. The molecule has 0 aliphatic carbocycles. The number of amides is 1. The molecule has 0 bridgehead atoms. The first-order valence-corrected chi connectivity index (χ1v) is 6.75. The molecule has 116 valence electrons. The van der Waals surface area contributed by atoms with E-state index in [2.05, 4.69) is 0 Å². The Labute approximate surface area is 122 Å². The van der Waals surface area contributed by atoms with Crippen molar-refractivity contribution in [3.05, 3.63) is 35.4 Å². The second-order valence-corrected chi connectivity index (χ2v) is 4.99. The van der Waals surface area contributed by atoms with E-state index in [1.807, 2.05) is 13.8 Å².